The van der Waals surface area contributed by atoms with Crippen LogP contribution in [0.4, 0.5) is 0 Å². The number of nitrogens with zero attached hydrogens (tertiary/aromatic N) is 1. The van der Waals surface area contributed by atoms with Gasteiger partial charge in [0, 0.05) is 10.8 Å². The number of hydrogen-bond acceptors (Lipinski definition) is 1. The van der Waals surface area contributed by atoms with Crippen LogP contribution in [-0.2, 0) is 7.05 Å². The van der Waals surface area contributed by atoms with Gasteiger partial charge in [-0.05, 0) is 22.9 Å². The van der Waals surface area contributed by atoms with E-state index in [9.17, 15) is 0 Å². The molecule has 5 aromatic rings. The van der Waals surface area contributed by atoms with Gasteiger partial charge in [0.05, 0.1) is 6.20 Å². The highest BCUT2D eigenvalue weighted by molar-refractivity contribution is 6.13. The van der Waals surface area contributed by atoms with E-state index in [0.717, 1.165) is 33.1 Å². The zero-order valence-electron chi connectivity index (χ0n) is 13.3. The van der Waals surface area contributed by atoms with E-state index in [1.807, 2.05) is 23.9 Å². The Labute approximate surface area is 139 Å². The molecule has 0 unspecified atom stereocenters. The van der Waals surface area contributed by atoms with Gasteiger partial charge in [0.15, 0.2) is 6.20 Å². The Kier molecular flexibility index (Phi) is 2.74. The maximum Gasteiger partial charge on any atom is 0.153 e. The van der Waals surface area contributed by atoms with Crippen molar-refractivity contribution in [2.75, 3.05) is 0 Å². The molecule has 5 rings (SSSR count). The number of hydrogen-bond donors (Lipinski definition) is 0. The van der Waals surface area contributed by atoms with E-state index in [2.05, 4.69) is 66.9 Å². The first-order valence-electron chi connectivity index (χ1n) is 8.02. The first kappa shape index (κ1) is 13.3. The number of fused-ring (bicyclic) bond motifs is 4. The van der Waals surface area contributed by atoms with Crippen LogP contribution in [0.15, 0.2) is 77.3 Å². The minimum Gasteiger partial charge on any atom is -0.465 e. The first-order chi connectivity index (χ1) is 11.8. The quantitative estimate of drug-likeness (QED) is 0.313. The second-order valence-corrected chi connectivity index (χ2v) is 6.12. The van der Waals surface area contributed by atoms with E-state index in [-0.39, 0.29) is 0 Å². The summed E-state index contributed by atoms with van der Waals surface area (Å²) in [5.41, 5.74) is 3.96. The van der Waals surface area contributed by atoms with Gasteiger partial charge in [0.25, 0.3) is 0 Å². The van der Waals surface area contributed by atoms with Gasteiger partial charge in [-0.25, -0.2) is 0 Å². The fourth-order valence-corrected chi connectivity index (χ4v) is 3.38. The number of furan rings is 1. The van der Waals surface area contributed by atoms with Crippen molar-refractivity contribution in [3.63, 3.8) is 0 Å². The largest absolute Gasteiger partial charge is 0.465 e. The average molecular weight is 309 g/mol. The minimum absolute atomic E-state index is 0.922. The number of aromatic nitrogens is 1. The molecule has 2 heteroatoms. The molecular weight excluding hydrogens is 294 g/mol. The lowest BCUT2D eigenvalue weighted by Gasteiger charge is -2.07. The molecule has 0 atom stereocenters. The molecule has 0 saturated carbocycles. The van der Waals surface area contributed by atoms with Crippen molar-refractivity contribution < 1.29 is 8.98 Å². The Morgan fingerprint density at radius 1 is 0.833 bits per heavy atom. The normalized spacial score (nSPS) is 11.5. The molecule has 114 valence electrons. The Hall–Kier alpha value is -3.13. The van der Waals surface area contributed by atoms with Crippen LogP contribution in [0.2, 0.25) is 0 Å². The Balaban J connectivity index is 1.88. The molecule has 0 N–H and O–H groups in total. The van der Waals surface area contributed by atoms with Crippen LogP contribution in [0.1, 0.15) is 0 Å². The SMILES string of the molecule is C[n+]1[c-]c(-c2cccc3c2oc2cc4ccccc4cc23)ccc1. The highest BCUT2D eigenvalue weighted by Crippen LogP contribution is 2.36. The number of benzene rings is 3. The monoisotopic (exact) mass is 309 g/mol. The summed E-state index contributed by atoms with van der Waals surface area (Å²) in [5, 5.41) is 4.73. The summed E-state index contributed by atoms with van der Waals surface area (Å²) >= 11 is 0. The number of aryl methyl sites for hydroxylation is 1. The minimum atomic E-state index is 0.922. The van der Waals surface area contributed by atoms with E-state index >= 15 is 0 Å². The summed E-state index contributed by atoms with van der Waals surface area (Å²) in [6.45, 7) is 0. The van der Waals surface area contributed by atoms with Crippen molar-refractivity contribution in [1.82, 2.24) is 0 Å². The zero-order valence-corrected chi connectivity index (χ0v) is 13.3. The molecule has 3 aromatic carbocycles. The summed E-state index contributed by atoms with van der Waals surface area (Å²) in [6, 6.07) is 23.1. The van der Waals surface area contributed by atoms with Gasteiger partial charge < -0.3 is 4.42 Å². The summed E-state index contributed by atoms with van der Waals surface area (Å²) in [7, 11) is 1.98. The fourth-order valence-electron chi connectivity index (χ4n) is 3.38. The molecule has 2 aromatic heterocycles. The molecule has 0 spiro atoms. The molecule has 2 nitrogen and oxygen atoms in total. The third-order valence-corrected chi connectivity index (χ3v) is 4.52. The topological polar surface area (TPSA) is 17.0 Å². The summed E-state index contributed by atoms with van der Waals surface area (Å²) in [4.78, 5) is 0. The first-order valence-corrected chi connectivity index (χ1v) is 8.02. The Morgan fingerprint density at radius 3 is 2.50 bits per heavy atom. The van der Waals surface area contributed by atoms with Crippen molar-refractivity contribution in [1.29, 1.82) is 0 Å². The summed E-state index contributed by atoms with van der Waals surface area (Å²) in [6.07, 6.45) is 5.33. The van der Waals surface area contributed by atoms with Gasteiger partial charge in [-0.2, -0.15) is 0 Å². The van der Waals surface area contributed by atoms with E-state index in [1.165, 1.54) is 10.8 Å². The van der Waals surface area contributed by atoms with Crippen LogP contribution in [0, 0.1) is 6.20 Å². The van der Waals surface area contributed by atoms with E-state index in [4.69, 9.17) is 4.42 Å². The van der Waals surface area contributed by atoms with Gasteiger partial charge in [-0.15, -0.1) is 6.07 Å². The maximum absolute atomic E-state index is 6.26. The summed E-state index contributed by atoms with van der Waals surface area (Å²) < 4.78 is 8.19. The van der Waals surface area contributed by atoms with Crippen LogP contribution in [-0.4, -0.2) is 0 Å². The lowest BCUT2D eigenvalue weighted by Crippen LogP contribution is -2.26. The molecule has 0 amide bonds. The van der Waals surface area contributed by atoms with Gasteiger partial charge in [0.2, 0.25) is 0 Å². The molecule has 0 aliphatic rings. The Bertz CT molecular complexity index is 1220. The van der Waals surface area contributed by atoms with E-state index < -0.39 is 0 Å². The second kappa shape index (κ2) is 4.93. The molecule has 0 fully saturated rings. The highest BCUT2D eigenvalue weighted by Gasteiger charge is 2.10. The number of pyridine rings is 1. The third-order valence-electron chi connectivity index (χ3n) is 4.52. The highest BCUT2D eigenvalue weighted by atomic mass is 16.3. The van der Waals surface area contributed by atoms with E-state index in [0.29, 0.717) is 0 Å². The molecule has 0 saturated heterocycles. The smallest absolute Gasteiger partial charge is 0.153 e. The average Bonchev–Trinajstić information content (AvgIpc) is 2.97. The predicted octanol–water partition coefficient (Wildman–Crippen LogP) is 5.03. The molecular formula is C22H15NO. The molecule has 0 radical (unpaired) electrons. The van der Waals surface area contributed by atoms with Gasteiger partial charge >= 0.3 is 0 Å². The number of rotatable bonds is 1. The number of para-hydroxylation sites is 1. The van der Waals surface area contributed by atoms with Crippen molar-refractivity contribution in [3.8, 4) is 11.1 Å². The standard InChI is InChI=1S/C22H15NO/c1-23-11-5-8-17(14-23)18-9-4-10-19-20-12-15-6-2-3-7-16(15)13-21(20)24-22(18)19/h2-13H,1H3. The zero-order chi connectivity index (χ0) is 16.1. The molecule has 0 aliphatic carbocycles. The fraction of sp³-hybridized carbons (Fsp3) is 0.0455. The van der Waals surface area contributed by atoms with Crippen molar-refractivity contribution in [2.45, 2.75) is 0 Å². The van der Waals surface area contributed by atoms with Crippen molar-refractivity contribution in [3.05, 3.63) is 79.1 Å². The van der Waals surface area contributed by atoms with Crippen LogP contribution in [0.5, 0.6) is 0 Å². The lowest BCUT2D eigenvalue weighted by molar-refractivity contribution is -0.675. The van der Waals surface area contributed by atoms with Crippen LogP contribution in [0.25, 0.3) is 43.8 Å². The lowest BCUT2D eigenvalue weighted by atomic mass is 10.0. The van der Waals surface area contributed by atoms with Gasteiger partial charge in [0.1, 0.15) is 18.2 Å². The van der Waals surface area contributed by atoms with E-state index in [1.54, 1.807) is 0 Å². The van der Waals surface area contributed by atoms with Crippen LogP contribution in [0.3, 0.4) is 0 Å². The maximum atomic E-state index is 6.26. The molecule has 24 heavy (non-hydrogen) atoms. The Morgan fingerprint density at radius 2 is 1.67 bits per heavy atom. The summed E-state index contributed by atoms with van der Waals surface area (Å²) in [5.74, 6) is 0. The van der Waals surface area contributed by atoms with Crippen LogP contribution >= 0.6 is 0 Å². The molecule has 0 aliphatic heterocycles. The van der Waals surface area contributed by atoms with Gasteiger partial charge in [-0.1, -0.05) is 59.7 Å². The van der Waals surface area contributed by atoms with Crippen molar-refractivity contribution in [2.24, 2.45) is 7.05 Å². The molecule has 0 bridgehead atoms. The van der Waals surface area contributed by atoms with Gasteiger partial charge in [-0.3, -0.25) is 4.57 Å². The van der Waals surface area contributed by atoms with Crippen molar-refractivity contribution >= 4 is 32.7 Å². The third kappa shape index (κ3) is 1.93. The second-order valence-electron chi connectivity index (χ2n) is 6.12. The molecule has 2 heterocycles. The van der Waals surface area contributed by atoms with Crippen LogP contribution < -0.4 is 4.57 Å². The predicted molar refractivity (Wildman–Crippen MR) is 96.7 cm³/mol.